The molecule has 28 heavy (non-hydrogen) atoms. The third kappa shape index (κ3) is 4.72. The number of amides is 2. The van der Waals surface area contributed by atoms with Crippen molar-refractivity contribution in [3.63, 3.8) is 0 Å². The molecule has 1 atom stereocenters. The number of nitrogens with zero attached hydrogens (tertiary/aromatic N) is 4. The third-order valence-electron chi connectivity index (χ3n) is 5.08. The smallest absolute Gasteiger partial charge is 0.274 e. The van der Waals surface area contributed by atoms with Crippen molar-refractivity contribution in [1.82, 2.24) is 19.8 Å². The highest BCUT2D eigenvalue weighted by Crippen LogP contribution is 2.29. The van der Waals surface area contributed by atoms with Gasteiger partial charge in [-0.15, -0.1) is 0 Å². The van der Waals surface area contributed by atoms with E-state index >= 15 is 0 Å². The van der Waals surface area contributed by atoms with Gasteiger partial charge in [0.1, 0.15) is 12.2 Å². The van der Waals surface area contributed by atoms with Gasteiger partial charge < -0.3 is 14.5 Å². The van der Waals surface area contributed by atoms with Crippen LogP contribution in [0, 0.1) is 5.92 Å². The van der Waals surface area contributed by atoms with Gasteiger partial charge in [-0.2, -0.15) is 0 Å². The molecule has 0 radical (unpaired) electrons. The van der Waals surface area contributed by atoms with Crippen molar-refractivity contribution in [1.29, 1.82) is 0 Å². The van der Waals surface area contributed by atoms with E-state index in [0.717, 1.165) is 5.56 Å². The van der Waals surface area contributed by atoms with Crippen LogP contribution in [0.25, 0.3) is 0 Å². The van der Waals surface area contributed by atoms with Gasteiger partial charge in [0.25, 0.3) is 5.91 Å². The summed E-state index contributed by atoms with van der Waals surface area (Å²) in [5.74, 6) is 0.243. The van der Waals surface area contributed by atoms with Crippen LogP contribution in [0.5, 0.6) is 0 Å². The number of aromatic nitrogens is 2. The lowest BCUT2D eigenvalue weighted by Gasteiger charge is -2.25. The van der Waals surface area contributed by atoms with E-state index in [9.17, 15) is 9.59 Å². The van der Waals surface area contributed by atoms with Crippen LogP contribution < -0.4 is 0 Å². The van der Waals surface area contributed by atoms with Gasteiger partial charge in [0.15, 0.2) is 0 Å². The highest BCUT2D eigenvalue weighted by Gasteiger charge is 2.33. The molecule has 7 nitrogen and oxygen atoms in total. The predicted molar refractivity (Wildman–Crippen MR) is 102 cm³/mol. The average Bonchev–Trinajstić information content (AvgIpc) is 3.56. The Kier molecular flexibility index (Phi) is 5.62. The van der Waals surface area contributed by atoms with Gasteiger partial charge in [0.05, 0.1) is 12.3 Å². The number of hydrogen-bond acceptors (Lipinski definition) is 5. The first-order valence-corrected chi connectivity index (χ1v) is 9.67. The minimum Gasteiger partial charge on any atom is -0.374 e. The Morgan fingerprint density at radius 3 is 2.68 bits per heavy atom. The Balaban J connectivity index is 1.51. The first kappa shape index (κ1) is 18.6. The van der Waals surface area contributed by atoms with Gasteiger partial charge >= 0.3 is 0 Å². The number of benzene rings is 1. The second-order valence-electron chi connectivity index (χ2n) is 7.43. The molecule has 1 saturated carbocycles. The van der Waals surface area contributed by atoms with Crippen LogP contribution >= 0.6 is 0 Å². The van der Waals surface area contributed by atoms with Crippen LogP contribution in [0.15, 0.2) is 48.9 Å². The Labute approximate surface area is 164 Å². The Morgan fingerprint density at radius 1 is 1.14 bits per heavy atom. The molecule has 0 spiro atoms. The molecule has 1 aromatic heterocycles. The minimum absolute atomic E-state index is 0.0194. The molecule has 2 fully saturated rings. The molecule has 2 aromatic rings. The Hall–Kier alpha value is -2.80. The van der Waals surface area contributed by atoms with Crippen molar-refractivity contribution in [2.24, 2.45) is 5.92 Å². The van der Waals surface area contributed by atoms with Crippen molar-refractivity contribution < 1.29 is 14.3 Å². The molecular weight excluding hydrogens is 356 g/mol. The Morgan fingerprint density at radius 2 is 1.96 bits per heavy atom. The highest BCUT2D eigenvalue weighted by molar-refractivity contribution is 5.95. The summed E-state index contributed by atoms with van der Waals surface area (Å²) in [7, 11) is 0. The van der Waals surface area contributed by atoms with Crippen molar-refractivity contribution in [3.05, 3.63) is 60.2 Å². The van der Waals surface area contributed by atoms with Gasteiger partial charge in [-0.25, -0.2) is 4.98 Å². The first-order chi connectivity index (χ1) is 13.7. The summed E-state index contributed by atoms with van der Waals surface area (Å²) < 4.78 is 6.10. The summed E-state index contributed by atoms with van der Waals surface area (Å²) in [5, 5.41) is 0. The number of rotatable bonds is 6. The molecule has 0 bridgehead atoms. The summed E-state index contributed by atoms with van der Waals surface area (Å²) in [5.41, 5.74) is 1.30. The molecule has 0 N–H and O–H groups in total. The number of carbonyl (C=O) groups is 2. The maximum absolute atomic E-state index is 12.9. The predicted octanol–water partition coefficient (Wildman–Crippen LogP) is 1.76. The maximum atomic E-state index is 12.9. The van der Waals surface area contributed by atoms with Gasteiger partial charge in [-0.05, 0) is 24.3 Å². The van der Waals surface area contributed by atoms with Gasteiger partial charge in [-0.1, -0.05) is 30.3 Å². The zero-order valence-electron chi connectivity index (χ0n) is 15.7. The molecule has 2 heterocycles. The number of hydrogen-bond donors (Lipinski definition) is 0. The fourth-order valence-corrected chi connectivity index (χ4v) is 3.32. The fraction of sp³-hybridized carbons (Fsp3) is 0.429. The lowest BCUT2D eigenvalue weighted by Crippen LogP contribution is -2.40. The highest BCUT2D eigenvalue weighted by atomic mass is 16.5. The number of carbonyl (C=O) groups excluding carboxylic acids is 2. The van der Waals surface area contributed by atoms with E-state index in [1.165, 1.54) is 36.3 Å². The molecule has 1 aliphatic heterocycles. The Bertz CT molecular complexity index is 811. The van der Waals surface area contributed by atoms with Crippen LogP contribution in [0.1, 0.15) is 28.9 Å². The van der Waals surface area contributed by atoms with E-state index in [1.54, 1.807) is 4.90 Å². The van der Waals surface area contributed by atoms with Gasteiger partial charge in [0, 0.05) is 38.6 Å². The summed E-state index contributed by atoms with van der Waals surface area (Å²) in [6, 6.07) is 9.88. The molecule has 1 aliphatic carbocycles. The molecule has 0 unspecified atom stereocenters. The largest absolute Gasteiger partial charge is 0.374 e. The summed E-state index contributed by atoms with van der Waals surface area (Å²) in [6.07, 6.45) is 6.61. The first-order valence-electron chi connectivity index (χ1n) is 9.67. The van der Waals surface area contributed by atoms with Crippen molar-refractivity contribution in [3.8, 4) is 0 Å². The normalized spacial score (nSPS) is 20.1. The third-order valence-corrected chi connectivity index (χ3v) is 5.08. The second kappa shape index (κ2) is 8.48. The summed E-state index contributed by atoms with van der Waals surface area (Å²) in [6.45, 7) is 2.07. The lowest BCUT2D eigenvalue weighted by molar-refractivity contribution is -0.132. The molecule has 1 saturated heterocycles. The zero-order valence-corrected chi connectivity index (χ0v) is 15.7. The van der Waals surface area contributed by atoms with Crippen LogP contribution in [-0.2, 0) is 16.1 Å². The average molecular weight is 380 g/mol. The summed E-state index contributed by atoms with van der Waals surface area (Å²) in [4.78, 5) is 37.1. The quantitative estimate of drug-likeness (QED) is 0.763. The van der Waals surface area contributed by atoms with Crippen LogP contribution in [0.4, 0.5) is 0 Å². The van der Waals surface area contributed by atoms with Crippen LogP contribution in [-0.4, -0.2) is 63.9 Å². The van der Waals surface area contributed by atoms with E-state index in [4.69, 9.17) is 4.74 Å². The molecular formula is C21H24N4O3. The van der Waals surface area contributed by atoms with Gasteiger partial charge in [-0.3, -0.25) is 14.6 Å². The second-order valence-corrected chi connectivity index (χ2v) is 7.43. The standard InChI is InChI=1S/C21H24N4O3/c26-20-14-25(21(27)19-10-22-8-9-23-19)13-18(28-15-17-6-7-17)12-24(20)11-16-4-2-1-3-5-16/h1-5,8-10,17-18H,6-7,11-15H2/t18-/m1/s1. The molecule has 7 heteroatoms. The van der Waals surface area contributed by atoms with Crippen molar-refractivity contribution in [2.45, 2.75) is 25.5 Å². The SMILES string of the molecule is O=C1CN(C(=O)c2cnccn2)C[C@H](OCC2CC2)CN1Cc1ccccc1. The maximum Gasteiger partial charge on any atom is 0.274 e. The molecule has 146 valence electrons. The van der Waals surface area contributed by atoms with Crippen LogP contribution in [0.3, 0.4) is 0 Å². The topological polar surface area (TPSA) is 75.6 Å². The van der Waals surface area contributed by atoms with E-state index in [0.29, 0.717) is 32.2 Å². The van der Waals surface area contributed by atoms with Crippen molar-refractivity contribution >= 4 is 11.8 Å². The van der Waals surface area contributed by atoms with E-state index in [2.05, 4.69) is 9.97 Å². The minimum atomic E-state index is -0.289. The zero-order chi connectivity index (χ0) is 19.3. The fourth-order valence-electron chi connectivity index (χ4n) is 3.32. The molecule has 4 rings (SSSR count). The van der Waals surface area contributed by atoms with E-state index in [1.807, 2.05) is 30.3 Å². The van der Waals surface area contributed by atoms with Crippen molar-refractivity contribution in [2.75, 3.05) is 26.2 Å². The number of ether oxygens (including phenoxy) is 1. The molecule has 2 amide bonds. The van der Waals surface area contributed by atoms with E-state index < -0.39 is 0 Å². The van der Waals surface area contributed by atoms with Gasteiger partial charge in [0.2, 0.25) is 5.91 Å². The summed E-state index contributed by atoms with van der Waals surface area (Å²) >= 11 is 0. The lowest BCUT2D eigenvalue weighted by atomic mass is 10.2. The van der Waals surface area contributed by atoms with E-state index in [-0.39, 0.29) is 30.2 Å². The molecule has 2 aliphatic rings. The van der Waals surface area contributed by atoms with Crippen LogP contribution in [0.2, 0.25) is 0 Å². The molecule has 1 aromatic carbocycles. The monoisotopic (exact) mass is 380 g/mol.